The molecular formula is C27H42N2O4. The van der Waals surface area contributed by atoms with Gasteiger partial charge in [0.1, 0.15) is 0 Å². The minimum Gasteiger partial charge on any atom is -0.425 e. The fraction of sp³-hybridized carbons (Fsp3) is 0.630. The zero-order valence-corrected chi connectivity index (χ0v) is 21.9. The summed E-state index contributed by atoms with van der Waals surface area (Å²) in [6.45, 7) is 19.3. The lowest BCUT2D eigenvalue weighted by atomic mass is 9.83. The average Bonchev–Trinajstić information content (AvgIpc) is 2.58. The van der Waals surface area contributed by atoms with Crippen molar-refractivity contribution in [3.63, 3.8) is 0 Å². The third kappa shape index (κ3) is 8.41. The van der Waals surface area contributed by atoms with E-state index in [1.54, 1.807) is 6.07 Å². The lowest BCUT2D eigenvalue weighted by Crippen LogP contribution is -2.30. The molecule has 0 aromatic carbocycles. The number of pyridine rings is 2. The normalized spacial score (nSPS) is 14.2. The molecular weight excluding hydrogens is 416 g/mol. The molecule has 2 aromatic rings. The van der Waals surface area contributed by atoms with Crippen LogP contribution in [-0.4, -0.2) is 14.7 Å². The predicted molar refractivity (Wildman–Crippen MR) is 133 cm³/mol. The Bertz CT molecular complexity index is 1070. The van der Waals surface area contributed by atoms with Crippen molar-refractivity contribution in [2.75, 3.05) is 0 Å². The maximum atomic E-state index is 12.8. The lowest BCUT2D eigenvalue weighted by molar-refractivity contribution is 0.153. The standard InChI is InChI=1S/C27H42N2O4/c1-18-10-22(12-20(3)17-27(7,8)9)29(25(31)13-18)33-23-14-21(28(32)24(30)15-23)11-19(2)16-26(4,5)6/h10,13-15,19-20,32H,11-12,16-17H2,1-9H3. The van der Waals surface area contributed by atoms with Crippen LogP contribution in [-0.2, 0) is 12.8 Å². The Morgan fingerprint density at radius 2 is 1.33 bits per heavy atom. The highest BCUT2D eigenvalue weighted by atomic mass is 16.7. The minimum atomic E-state index is -0.576. The highest BCUT2D eigenvalue weighted by Gasteiger charge is 2.20. The first kappa shape index (κ1) is 26.7. The highest BCUT2D eigenvalue weighted by Crippen LogP contribution is 2.28. The van der Waals surface area contributed by atoms with Gasteiger partial charge in [-0.05, 0) is 66.9 Å². The fourth-order valence-electron chi connectivity index (χ4n) is 4.85. The quantitative estimate of drug-likeness (QED) is 0.521. The van der Waals surface area contributed by atoms with E-state index in [9.17, 15) is 14.8 Å². The summed E-state index contributed by atoms with van der Waals surface area (Å²) < 4.78 is 1.96. The molecule has 0 fully saturated rings. The molecule has 0 spiro atoms. The first-order valence-corrected chi connectivity index (χ1v) is 11.9. The largest absolute Gasteiger partial charge is 0.425 e. The molecule has 33 heavy (non-hydrogen) atoms. The average molecular weight is 459 g/mol. The van der Waals surface area contributed by atoms with Gasteiger partial charge >= 0.3 is 0 Å². The van der Waals surface area contributed by atoms with Crippen LogP contribution in [0.2, 0.25) is 0 Å². The second-order valence-corrected chi connectivity index (χ2v) is 12.2. The molecule has 184 valence electrons. The van der Waals surface area contributed by atoms with Crippen LogP contribution in [0.15, 0.2) is 33.9 Å². The molecule has 0 saturated heterocycles. The van der Waals surface area contributed by atoms with Gasteiger partial charge in [-0.3, -0.25) is 9.59 Å². The zero-order valence-electron chi connectivity index (χ0n) is 21.9. The molecule has 6 heteroatoms. The summed E-state index contributed by atoms with van der Waals surface area (Å²) in [4.78, 5) is 31.2. The summed E-state index contributed by atoms with van der Waals surface area (Å²) in [6.07, 6.45) is 3.16. The van der Waals surface area contributed by atoms with Crippen molar-refractivity contribution < 1.29 is 10.0 Å². The highest BCUT2D eigenvalue weighted by molar-refractivity contribution is 5.25. The summed E-state index contributed by atoms with van der Waals surface area (Å²) >= 11 is 0. The summed E-state index contributed by atoms with van der Waals surface area (Å²) in [5.74, 6) is 0.855. The number of hydrogen-bond acceptors (Lipinski definition) is 4. The van der Waals surface area contributed by atoms with Crippen molar-refractivity contribution >= 4 is 0 Å². The van der Waals surface area contributed by atoms with Crippen molar-refractivity contribution in [1.29, 1.82) is 0 Å². The van der Waals surface area contributed by atoms with Gasteiger partial charge in [0.05, 0.1) is 17.5 Å². The maximum Gasteiger partial charge on any atom is 0.286 e. The van der Waals surface area contributed by atoms with Crippen LogP contribution >= 0.6 is 0 Å². The van der Waals surface area contributed by atoms with E-state index >= 15 is 0 Å². The first-order chi connectivity index (χ1) is 15.0. The van der Waals surface area contributed by atoms with Gasteiger partial charge in [0, 0.05) is 12.1 Å². The molecule has 2 atom stereocenters. The maximum absolute atomic E-state index is 12.8. The summed E-state index contributed by atoms with van der Waals surface area (Å²) in [5.41, 5.74) is 1.59. The van der Waals surface area contributed by atoms with Crippen molar-refractivity contribution in [3.8, 4) is 5.75 Å². The predicted octanol–water partition coefficient (Wildman–Crippen LogP) is 5.63. The number of hydrogen-bond donors (Lipinski definition) is 1. The Hall–Kier alpha value is -2.50. The molecule has 0 bridgehead atoms. The molecule has 2 rings (SSSR count). The van der Waals surface area contributed by atoms with Gasteiger partial charge in [0.25, 0.3) is 11.1 Å². The lowest BCUT2D eigenvalue weighted by Gasteiger charge is -2.24. The van der Waals surface area contributed by atoms with E-state index in [1.807, 2.05) is 13.0 Å². The Kier molecular flexibility index (Phi) is 8.26. The smallest absolute Gasteiger partial charge is 0.286 e. The van der Waals surface area contributed by atoms with E-state index in [-0.39, 0.29) is 28.1 Å². The van der Waals surface area contributed by atoms with Gasteiger partial charge in [-0.15, -0.1) is 4.73 Å². The fourth-order valence-corrected chi connectivity index (χ4v) is 4.85. The number of nitrogens with zero attached hydrogens (tertiary/aromatic N) is 2. The second kappa shape index (κ2) is 10.2. The van der Waals surface area contributed by atoms with Crippen LogP contribution in [0.5, 0.6) is 5.75 Å². The minimum absolute atomic E-state index is 0.141. The van der Waals surface area contributed by atoms with Crippen molar-refractivity contribution in [2.24, 2.45) is 22.7 Å². The topological polar surface area (TPSA) is 73.5 Å². The number of rotatable bonds is 8. The van der Waals surface area contributed by atoms with Crippen LogP contribution < -0.4 is 16.0 Å². The Morgan fingerprint density at radius 1 is 0.818 bits per heavy atom. The Balaban J connectivity index is 2.37. The van der Waals surface area contributed by atoms with Gasteiger partial charge in [-0.1, -0.05) is 55.4 Å². The van der Waals surface area contributed by atoms with E-state index < -0.39 is 5.56 Å². The summed E-state index contributed by atoms with van der Waals surface area (Å²) in [6, 6.07) is 6.35. The summed E-state index contributed by atoms with van der Waals surface area (Å²) in [5, 5.41) is 10.3. The first-order valence-electron chi connectivity index (χ1n) is 11.9. The molecule has 0 radical (unpaired) electrons. The van der Waals surface area contributed by atoms with Gasteiger partial charge in [0.15, 0.2) is 5.75 Å². The van der Waals surface area contributed by atoms with E-state index in [0.717, 1.165) is 24.1 Å². The molecule has 1 N–H and O–H groups in total. The zero-order chi connectivity index (χ0) is 25.1. The molecule has 0 aliphatic heterocycles. The van der Waals surface area contributed by atoms with E-state index in [1.165, 1.54) is 16.9 Å². The Morgan fingerprint density at radius 3 is 1.85 bits per heavy atom. The monoisotopic (exact) mass is 458 g/mol. The molecule has 0 saturated carbocycles. The summed E-state index contributed by atoms with van der Waals surface area (Å²) in [7, 11) is 0. The van der Waals surface area contributed by atoms with E-state index in [4.69, 9.17) is 4.84 Å². The SMILES string of the molecule is Cc1cc(CC(C)CC(C)(C)C)n(Oc2cc(CC(C)CC(C)(C)C)n(O)c(=O)c2)c(=O)c1. The van der Waals surface area contributed by atoms with Gasteiger partial charge in [-0.2, -0.15) is 4.73 Å². The molecule has 0 aliphatic rings. The van der Waals surface area contributed by atoms with Crippen LogP contribution in [0.3, 0.4) is 0 Å². The molecule has 0 amide bonds. The van der Waals surface area contributed by atoms with Crippen molar-refractivity contribution in [3.05, 3.63) is 61.9 Å². The molecule has 2 heterocycles. The third-order valence-electron chi connectivity index (χ3n) is 5.50. The van der Waals surface area contributed by atoms with Crippen LogP contribution in [0.25, 0.3) is 0 Å². The van der Waals surface area contributed by atoms with Gasteiger partial charge in [-0.25, -0.2) is 0 Å². The second-order valence-electron chi connectivity index (χ2n) is 12.2. The van der Waals surface area contributed by atoms with Crippen LogP contribution in [0, 0.1) is 29.6 Å². The number of aryl methyl sites for hydroxylation is 1. The number of aromatic nitrogens is 2. The van der Waals surface area contributed by atoms with E-state index in [2.05, 4.69) is 55.4 Å². The van der Waals surface area contributed by atoms with Crippen LogP contribution in [0.1, 0.15) is 85.2 Å². The van der Waals surface area contributed by atoms with Crippen LogP contribution in [0.4, 0.5) is 0 Å². The Labute approximate surface area is 198 Å². The molecule has 0 aliphatic carbocycles. The molecule has 2 aromatic heterocycles. The third-order valence-corrected chi connectivity index (χ3v) is 5.50. The van der Waals surface area contributed by atoms with E-state index in [0.29, 0.717) is 29.2 Å². The van der Waals surface area contributed by atoms with Crippen molar-refractivity contribution in [1.82, 2.24) is 9.46 Å². The molecule has 6 nitrogen and oxygen atoms in total. The molecule has 2 unspecified atom stereocenters. The van der Waals surface area contributed by atoms with Gasteiger partial charge in [0.2, 0.25) is 0 Å². The van der Waals surface area contributed by atoms with Crippen molar-refractivity contribution in [2.45, 2.75) is 88.0 Å². The van der Waals surface area contributed by atoms with Gasteiger partial charge < -0.3 is 10.0 Å².